The number of sulfonamides is 1. The summed E-state index contributed by atoms with van der Waals surface area (Å²) < 4.78 is 37.9. The second-order valence-corrected chi connectivity index (χ2v) is 6.77. The summed E-state index contributed by atoms with van der Waals surface area (Å²) in [5, 5.41) is 0. The van der Waals surface area contributed by atoms with Crippen molar-refractivity contribution in [3.63, 3.8) is 0 Å². The number of benzene rings is 1. The van der Waals surface area contributed by atoms with Crippen LogP contribution in [0.5, 0.6) is 11.5 Å². The maximum absolute atomic E-state index is 12.4. The molecule has 0 saturated heterocycles. The number of hydrogen-bond acceptors (Lipinski definition) is 4. The van der Waals surface area contributed by atoms with E-state index in [9.17, 15) is 8.42 Å². The van der Waals surface area contributed by atoms with E-state index >= 15 is 0 Å². The smallest absolute Gasteiger partial charge is 0.242 e. The van der Waals surface area contributed by atoms with Gasteiger partial charge in [0, 0.05) is 29.5 Å². The third-order valence-electron chi connectivity index (χ3n) is 2.86. The molecule has 1 aromatic carbocycles. The van der Waals surface area contributed by atoms with Gasteiger partial charge in [0.2, 0.25) is 10.0 Å². The fourth-order valence-electron chi connectivity index (χ4n) is 1.77. The van der Waals surface area contributed by atoms with E-state index in [1.165, 1.54) is 20.3 Å². The highest BCUT2D eigenvalue weighted by Crippen LogP contribution is 2.35. The maximum Gasteiger partial charge on any atom is 0.242 e. The summed E-state index contributed by atoms with van der Waals surface area (Å²) in [6, 6.07) is 4.78. The van der Waals surface area contributed by atoms with Gasteiger partial charge in [0.05, 0.1) is 14.2 Å². The molecule has 0 radical (unpaired) electrons. The topological polar surface area (TPSA) is 80.4 Å². The van der Waals surface area contributed by atoms with Crippen LogP contribution in [0.4, 0.5) is 0 Å². The van der Waals surface area contributed by atoms with Crippen molar-refractivity contribution < 1.29 is 17.9 Å². The number of hydrogen-bond donors (Lipinski definition) is 2. The third-order valence-corrected chi connectivity index (χ3v) is 5.22. The molecule has 0 spiro atoms. The van der Waals surface area contributed by atoms with Crippen LogP contribution in [0.25, 0.3) is 0 Å². The Kier molecular flexibility index (Phi) is 4.92. The summed E-state index contributed by atoms with van der Waals surface area (Å²) in [6.45, 7) is 0.201. The van der Waals surface area contributed by atoms with Gasteiger partial charge >= 0.3 is 0 Å². The first kappa shape index (κ1) is 15.9. The largest absolute Gasteiger partial charge is 0.493 e. The Morgan fingerprint density at radius 1 is 1.24 bits per heavy atom. The molecule has 0 saturated carbocycles. The van der Waals surface area contributed by atoms with Crippen molar-refractivity contribution in [1.29, 1.82) is 0 Å². The molecule has 1 heterocycles. The van der Waals surface area contributed by atoms with Crippen LogP contribution in [0.1, 0.15) is 5.56 Å². The number of aromatic nitrogens is 1. The molecule has 8 heteroatoms. The molecule has 21 heavy (non-hydrogen) atoms. The first-order valence-corrected chi connectivity index (χ1v) is 8.28. The number of rotatable bonds is 6. The van der Waals surface area contributed by atoms with Crippen LogP contribution in [0.3, 0.4) is 0 Å². The molecule has 2 N–H and O–H groups in total. The average Bonchev–Trinajstić information content (AvgIpc) is 2.98. The lowest BCUT2D eigenvalue weighted by molar-refractivity contribution is 0.353. The lowest BCUT2D eigenvalue weighted by Gasteiger charge is -2.12. The number of ether oxygens (including phenoxy) is 2. The summed E-state index contributed by atoms with van der Waals surface area (Å²) in [7, 11) is -0.728. The molecule has 114 valence electrons. The van der Waals surface area contributed by atoms with E-state index in [4.69, 9.17) is 9.47 Å². The van der Waals surface area contributed by atoms with E-state index in [1.807, 2.05) is 0 Å². The molecule has 0 fully saturated rings. The van der Waals surface area contributed by atoms with Crippen molar-refractivity contribution in [2.45, 2.75) is 11.4 Å². The standard InChI is InChI=1S/C13H15BrN2O4S/c1-19-11-5-10(14)13(6-12(11)20-2)21(17,18)16-8-9-3-4-15-7-9/h3-7,15-16H,8H2,1-2H3. The molecule has 0 bridgehead atoms. The van der Waals surface area contributed by atoms with Crippen LogP contribution >= 0.6 is 15.9 Å². The van der Waals surface area contributed by atoms with Crippen LogP contribution < -0.4 is 14.2 Å². The summed E-state index contributed by atoms with van der Waals surface area (Å²) >= 11 is 3.24. The molecule has 0 amide bonds. The minimum absolute atomic E-state index is 0.0932. The minimum atomic E-state index is -3.67. The fourth-order valence-corrected chi connectivity index (χ4v) is 3.82. The van der Waals surface area contributed by atoms with Crippen molar-refractivity contribution in [3.05, 3.63) is 40.6 Å². The number of aromatic amines is 1. The van der Waals surface area contributed by atoms with Gasteiger partial charge in [0.1, 0.15) is 4.90 Å². The van der Waals surface area contributed by atoms with Crippen molar-refractivity contribution in [3.8, 4) is 11.5 Å². The van der Waals surface area contributed by atoms with Gasteiger partial charge in [-0.1, -0.05) is 0 Å². The summed E-state index contributed by atoms with van der Waals surface area (Å²) in [4.78, 5) is 2.96. The van der Waals surface area contributed by atoms with E-state index in [2.05, 4.69) is 25.6 Å². The van der Waals surface area contributed by atoms with Crippen molar-refractivity contribution >= 4 is 26.0 Å². The van der Waals surface area contributed by atoms with Crippen molar-refractivity contribution in [2.24, 2.45) is 0 Å². The van der Waals surface area contributed by atoms with Crippen molar-refractivity contribution in [2.75, 3.05) is 14.2 Å². The van der Waals surface area contributed by atoms with Gasteiger partial charge in [-0.25, -0.2) is 13.1 Å². The highest BCUT2D eigenvalue weighted by molar-refractivity contribution is 9.10. The van der Waals surface area contributed by atoms with E-state index in [0.717, 1.165) is 5.56 Å². The Morgan fingerprint density at radius 2 is 1.90 bits per heavy atom. The van der Waals surface area contributed by atoms with Crippen LogP contribution in [-0.2, 0) is 16.6 Å². The van der Waals surface area contributed by atoms with Crippen LogP contribution in [-0.4, -0.2) is 27.6 Å². The van der Waals surface area contributed by atoms with Gasteiger partial charge in [-0.2, -0.15) is 0 Å². The van der Waals surface area contributed by atoms with Gasteiger partial charge in [-0.15, -0.1) is 0 Å². The second kappa shape index (κ2) is 6.50. The molecular weight excluding hydrogens is 360 g/mol. The maximum atomic E-state index is 12.4. The van der Waals surface area contributed by atoms with Crippen LogP contribution in [0, 0.1) is 0 Å². The normalized spacial score (nSPS) is 11.4. The Bertz CT molecular complexity index is 714. The number of nitrogens with one attached hydrogen (secondary N) is 2. The number of halogens is 1. The Morgan fingerprint density at radius 3 is 2.48 bits per heavy atom. The number of methoxy groups -OCH3 is 2. The zero-order valence-corrected chi connectivity index (χ0v) is 13.9. The molecule has 0 unspecified atom stereocenters. The highest BCUT2D eigenvalue weighted by atomic mass is 79.9. The third kappa shape index (κ3) is 3.58. The molecule has 0 aliphatic carbocycles. The van der Waals surface area contributed by atoms with Gasteiger partial charge in [0.15, 0.2) is 11.5 Å². The Balaban J connectivity index is 2.31. The first-order chi connectivity index (χ1) is 9.97. The Labute approximate surface area is 131 Å². The monoisotopic (exact) mass is 374 g/mol. The van der Waals surface area contributed by atoms with Gasteiger partial charge in [-0.3, -0.25) is 0 Å². The van der Waals surface area contributed by atoms with E-state index in [0.29, 0.717) is 16.0 Å². The van der Waals surface area contributed by atoms with Gasteiger partial charge < -0.3 is 14.5 Å². The van der Waals surface area contributed by atoms with E-state index in [1.54, 1.807) is 24.5 Å². The zero-order valence-electron chi connectivity index (χ0n) is 11.5. The molecular formula is C13H15BrN2O4S. The Hall–Kier alpha value is -1.51. The van der Waals surface area contributed by atoms with Crippen LogP contribution in [0.2, 0.25) is 0 Å². The first-order valence-electron chi connectivity index (χ1n) is 6.01. The lowest BCUT2D eigenvalue weighted by Crippen LogP contribution is -2.23. The second-order valence-electron chi connectivity index (χ2n) is 4.18. The molecule has 6 nitrogen and oxygen atoms in total. The molecule has 1 aromatic heterocycles. The van der Waals surface area contributed by atoms with Gasteiger partial charge in [0.25, 0.3) is 0 Å². The van der Waals surface area contributed by atoms with Crippen molar-refractivity contribution in [1.82, 2.24) is 9.71 Å². The quantitative estimate of drug-likeness (QED) is 0.812. The predicted molar refractivity (Wildman–Crippen MR) is 82.1 cm³/mol. The van der Waals surface area contributed by atoms with Crippen LogP contribution in [0.15, 0.2) is 40.0 Å². The predicted octanol–water partition coefficient (Wildman–Crippen LogP) is 2.27. The lowest BCUT2D eigenvalue weighted by atomic mass is 10.3. The molecule has 2 aromatic rings. The summed E-state index contributed by atoms with van der Waals surface area (Å²) in [5.41, 5.74) is 0.843. The molecule has 0 atom stereocenters. The SMILES string of the molecule is COc1cc(Br)c(S(=O)(=O)NCc2cc[nH]c2)cc1OC. The van der Waals surface area contributed by atoms with E-state index in [-0.39, 0.29) is 11.4 Å². The summed E-state index contributed by atoms with van der Waals surface area (Å²) in [6.07, 6.45) is 3.46. The zero-order chi connectivity index (χ0) is 15.5. The van der Waals surface area contributed by atoms with Gasteiger partial charge in [-0.05, 0) is 33.6 Å². The summed E-state index contributed by atoms with van der Waals surface area (Å²) in [5.74, 6) is 0.802. The van der Waals surface area contributed by atoms with E-state index < -0.39 is 10.0 Å². The number of H-pyrrole nitrogens is 1. The molecule has 2 rings (SSSR count). The highest BCUT2D eigenvalue weighted by Gasteiger charge is 2.21. The minimum Gasteiger partial charge on any atom is -0.493 e. The fraction of sp³-hybridized carbons (Fsp3) is 0.231. The molecule has 0 aliphatic heterocycles. The molecule has 0 aliphatic rings. The average molecular weight is 375 g/mol.